The van der Waals surface area contributed by atoms with Crippen molar-refractivity contribution in [3.63, 3.8) is 0 Å². The monoisotopic (exact) mass is 489 g/mol. The summed E-state index contributed by atoms with van der Waals surface area (Å²) in [6, 6.07) is 18.1. The third kappa shape index (κ3) is 6.96. The molecule has 0 spiro atoms. The summed E-state index contributed by atoms with van der Waals surface area (Å²) in [6.45, 7) is 4.82. The second-order valence-electron chi connectivity index (χ2n) is 9.24. The molecule has 36 heavy (non-hydrogen) atoms. The fourth-order valence-corrected chi connectivity index (χ4v) is 4.48. The van der Waals surface area contributed by atoms with Crippen LogP contribution in [0.4, 0.5) is 0 Å². The minimum Gasteiger partial charge on any atom is -0.439 e. The van der Waals surface area contributed by atoms with Crippen LogP contribution in [0.5, 0.6) is 11.6 Å². The number of nitrogens with zero attached hydrogens (tertiary/aromatic N) is 3. The lowest BCUT2D eigenvalue weighted by molar-refractivity contribution is 0.00943. The summed E-state index contributed by atoms with van der Waals surface area (Å²) in [5, 5.41) is 15.5. The number of hydrogen-bond acceptors (Lipinski definition) is 6. The first-order chi connectivity index (χ1) is 17.5. The van der Waals surface area contributed by atoms with Gasteiger partial charge in [-0.1, -0.05) is 53.9 Å². The molecule has 1 fully saturated rings. The van der Waals surface area contributed by atoms with Crippen molar-refractivity contribution in [2.24, 2.45) is 7.05 Å². The van der Waals surface area contributed by atoms with Crippen LogP contribution in [0.15, 0.2) is 54.6 Å². The minimum atomic E-state index is -0.682. The first-order valence-corrected chi connectivity index (χ1v) is 12.4. The van der Waals surface area contributed by atoms with E-state index in [0.29, 0.717) is 25.5 Å². The number of hydrogen-bond donors (Lipinski definition) is 1. The third-order valence-corrected chi connectivity index (χ3v) is 6.20. The van der Waals surface area contributed by atoms with Gasteiger partial charge in [0.25, 0.3) is 0 Å². The lowest BCUT2D eigenvalue weighted by Gasteiger charge is -2.27. The summed E-state index contributed by atoms with van der Waals surface area (Å²) in [5.41, 5.74) is 3.99. The number of rotatable bonds is 12. The molecular formula is C29H35N3O4. The van der Waals surface area contributed by atoms with Gasteiger partial charge in [-0.15, -0.1) is 6.42 Å². The molecular weight excluding hydrogens is 454 g/mol. The number of ether oxygens (including phenoxy) is 3. The molecule has 0 unspecified atom stereocenters. The Hall–Kier alpha value is -3.15. The SMILES string of the molecule is C#CCOC[C@H](O)CN(Cc1c(-c2ccccc2)nn(C)c1Oc1ccc(C)cc1)C[C@@H]1CCCO1. The van der Waals surface area contributed by atoms with Crippen LogP contribution < -0.4 is 4.74 Å². The van der Waals surface area contributed by atoms with Gasteiger partial charge in [0.05, 0.1) is 24.4 Å². The van der Waals surface area contributed by atoms with Crippen molar-refractivity contribution in [1.82, 2.24) is 14.7 Å². The molecule has 0 aliphatic carbocycles. The maximum atomic E-state index is 10.7. The van der Waals surface area contributed by atoms with Crippen molar-refractivity contribution in [3.05, 3.63) is 65.7 Å². The number of aliphatic hydroxyl groups is 1. The summed E-state index contributed by atoms with van der Waals surface area (Å²) in [5.74, 6) is 3.87. The molecule has 1 saturated heterocycles. The summed E-state index contributed by atoms with van der Waals surface area (Å²) < 4.78 is 19.5. The molecule has 1 aliphatic heterocycles. The first-order valence-electron chi connectivity index (χ1n) is 12.4. The Bertz CT molecular complexity index is 1130. The van der Waals surface area contributed by atoms with Crippen LogP contribution in [-0.4, -0.2) is 64.9 Å². The van der Waals surface area contributed by atoms with Gasteiger partial charge < -0.3 is 19.3 Å². The molecule has 1 aromatic heterocycles. The van der Waals surface area contributed by atoms with Gasteiger partial charge in [-0.2, -0.15) is 5.10 Å². The lowest BCUT2D eigenvalue weighted by atomic mass is 10.1. The van der Waals surface area contributed by atoms with Crippen molar-refractivity contribution in [1.29, 1.82) is 0 Å². The Balaban J connectivity index is 1.65. The van der Waals surface area contributed by atoms with Crippen molar-refractivity contribution >= 4 is 0 Å². The van der Waals surface area contributed by atoms with Crippen LogP contribution in [0.1, 0.15) is 24.0 Å². The molecule has 2 aromatic carbocycles. The maximum absolute atomic E-state index is 10.7. The lowest BCUT2D eigenvalue weighted by Crippen LogP contribution is -2.39. The van der Waals surface area contributed by atoms with Crippen LogP contribution in [0, 0.1) is 19.3 Å². The van der Waals surface area contributed by atoms with E-state index in [2.05, 4.69) is 23.0 Å². The predicted molar refractivity (Wildman–Crippen MR) is 140 cm³/mol. The third-order valence-electron chi connectivity index (χ3n) is 6.20. The van der Waals surface area contributed by atoms with E-state index < -0.39 is 6.10 Å². The standard InChI is InChI=1S/C29H35N3O4/c1-4-16-34-21-24(33)18-32(19-26-11-8-17-35-26)20-27-28(23-9-6-5-7-10-23)30-31(3)29(27)36-25-14-12-22(2)13-15-25/h1,5-7,9-10,12-15,24,26,33H,8,11,16-21H2,2-3H3/t24-,26+/m1/s1. The molecule has 1 N–H and O–H groups in total. The molecule has 7 nitrogen and oxygen atoms in total. The molecule has 0 amide bonds. The van der Waals surface area contributed by atoms with E-state index in [1.54, 1.807) is 4.68 Å². The normalized spacial score (nSPS) is 16.2. The zero-order chi connectivity index (χ0) is 25.3. The Morgan fingerprint density at radius 1 is 1.22 bits per heavy atom. The molecule has 0 bridgehead atoms. The quantitative estimate of drug-likeness (QED) is 0.304. The first kappa shape index (κ1) is 25.9. The highest BCUT2D eigenvalue weighted by Crippen LogP contribution is 2.34. The second kappa shape index (κ2) is 12.7. The van der Waals surface area contributed by atoms with E-state index in [4.69, 9.17) is 25.7 Å². The molecule has 3 aromatic rings. The average molecular weight is 490 g/mol. The Morgan fingerprint density at radius 3 is 2.69 bits per heavy atom. The number of aryl methyl sites for hydroxylation is 2. The highest BCUT2D eigenvalue weighted by atomic mass is 16.5. The molecule has 2 atom stereocenters. The van der Waals surface area contributed by atoms with E-state index in [1.807, 2.05) is 56.4 Å². The number of terminal acetylenes is 1. The molecule has 190 valence electrons. The van der Waals surface area contributed by atoms with Gasteiger partial charge in [-0.3, -0.25) is 4.90 Å². The van der Waals surface area contributed by atoms with E-state index in [0.717, 1.165) is 42.0 Å². The van der Waals surface area contributed by atoms with Crippen LogP contribution >= 0.6 is 0 Å². The number of aliphatic hydroxyl groups excluding tert-OH is 1. The van der Waals surface area contributed by atoms with Crippen molar-refractivity contribution < 1.29 is 19.3 Å². The number of benzene rings is 2. The van der Waals surface area contributed by atoms with Crippen molar-refractivity contribution in [2.45, 2.75) is 38.5 Å². The van der Waals surface area contributed by atoms with Gasteiger partial charge in [0.2, 0.25) is 5.88 Å². The zero-order valence-electron chi connectivity index (χ0n) is 21.1. The maximum Gasteiger partial charge on any atom is 0.222 e. The largest absolute Gasteiger partial charge is 0.439 e. The van der Waals surface area contributed by atoms with Gasteiger partial charge in [0.15, 0.2) is 0 Å². The van der Waals surface area contributed by atoms with E-state index in [9.17, 15) is 5.11 Å². The molecule has 0 radical (unpaired) electrons. The van der Waals surface area contributed by atoms with Crippen molar-refractivity contribution in [3.8, 4) is 35.2 Å². The minimum absolute atomic E-state index is 0.127. The smallest absolute Gasteiger partial charge is 0.222 e. The average Bonchev–Trinajstić information content (AvgIpc) is 3.49. The Kier molecular flexibility index (Phi) is 9.15. The van der Waals surface area contributed by atoms with Gasteiger partial charge >= 0.3 is 0 Å². The summed E-state index contributed by atoms with van der Waals surface area (Å²) in [6.07, 6.45) is 6.78. The summed E-state index contributed by atoms with van der Waals surface area (Å²) in [4.78, 5) is 2.20. The fourth-order valence-electron chi connectivity index (χ4n) is 4.48. The van der Waals surface area contributed by atoms with Crippen molar-refractivity contribution in [2.75, 3.05) is 32.9 Å². The van der Waals surface area contributed by atoms with Gasteiger partial charge in [0.1, 0.15) is 18.1 Å². The summed E-state index contributed by atoms with van der Waals surface area (Å²) in [7, 11) is 1.90. The Morgan fingerprint density at radius 2 is 2.00 bits per heavy atom. The molecule has 7 heteroatoms. The molecule has 4 rings (SSSR count). The molecule has 0 saturated carbocycles. The number of aromatic nitrogens is 2. The zero-order valence-corrected chi connectivity index (χ0v) is 21.1. The van der Waals surface area contributed by atoms with Gasteiger partial charge in [-0.05, 0) is 31.9 Å². The van der Waals surface area contributed by atoms with E-state index in [1.165, 1.54) is 5.56 Å². The highest BCUT2D eigenvalue weighted by Gasteiger charge is 2.26. The molecule has 2 heterocycles. The second-order valence-corrected chi connectivity index (χ2v) is 9.24. The highest BCUT2D eigenvalue weighted by molar-refractivity contribution is 5.65. The van der Waals surface area contributed by atoms with Crippen LogP contribution in [-0.2, 0) is 23.1 Å². The Labute approximate surface area is 213 Å². The van der Waals surface area contributed by atoms with Crippen LogP contribution in [0.25, 0.3) is 11.3 Å². The van der Waals surface area contributed by atoms with Crippen LogP contribution in [0.2, 0.25) is 0 Å². The summed E-state index contributed by atoms with van der Waals surface area (Å²) >= 11 is 0. The fraction of sp³-hybridized carbons (Fsp3) is 0.414. The van der Waals surface area contributed by atoms with Gasteiger partial charge in [-0.25, -0.2) is 4.68 Å². The predicted octanol–water partition coefficient (Wildman–Crippen LogP) is 4.18. The van der Waals surface area contributed by atoms with E-state index in [-0.39, 0.29) is 19.3 Å². The van der Waals surface area contributed by atoms with Gasteiger partial charge in [0, 0.05) is 38.9 Å². The van der Waals surface area contributed by atoms with E-state index >= 15 is 0 Å². The topological polar surface area (TPSA) is 69.0 Å². The van der Waals surface area contributed by atoms with Crippen LogP contribution in [0.3, 0.4) is 0 Å². The molecule has 1 aliphatic rings.